The number of ether oxygens (including phenoxy) is 6. The van der Waals surface area contributed by atoms with E-state index in [1.807, 2.05) is 105 Å². The average molecular weight is 702 g/mol. The molecule has 0 spiro atoms. The van der Waals surface area contributed by atoms with Crippen molar-refractivity contribution in [3.8, 4) is 23.0 Å². The van der Waals surface area contributed by atoms with Gasteiger partial charge in [-0.25, -0.2) is 0 Å². The summed E-state index contributed by atoms with van der Waals surface area (Å²) in [5.41, 5.74) is 2.12. The molecule has 0 aliphatic heterocycles. The molecule has 9 heteroatoms. The molecule has 0 saturated heterocycles. The van der Waals surface area contributed by atoms with Crippen LogP contribution in [0.3, 0.4) is 0 Å². The highest BCUT2D eigenvalue weighted by atomic mass is 79.9. The fourth-order valence-corrected chi connectivity index (χ4v) is 5.59. The molecule has 47 heavy (non-hydrogen) atoms. The number of hydrogen-bond donors (Lipinski definition) is 0. The lowest BCUT2D eigenvalue weighted by molar-refractivity contribution is -0.150. The van der Waals surface area contributed by atoms with E-state index in [0.29, 0.717) is 23.0 Å². The normalized spacial score (nSPS) is 12.3. The van der Waals surface area contributed by atoms with E-state index >= 15 is 0 Å². The van der Waals surface area contributed by atoms with Crippen LogP contribution in [0.1, 0.15) is 25.0 Å². The fourth-order valence-electron chi connectivity index (χ4n) is 5.23. The molecule has 0 radical (unpaired) electrons. The molecule has 5 aromatic rings. The van der Waals surface area contributed by atoms with Gasteiger partial charge >= 0.3 is 11.9 Å². The highest BCUT2D eigenvalue weighted by Gasteiger charge is 2.22. The van der Waals surface area contributed by atoms with Gasteiger partial charge in [-0.1, -0.05) is 64.5 Å². The van der Waals surface area contributed by atoms with Crippen LogP contribution >= 0.6 is 15.9 Å². The second kappa shape index (κ2) is 15.7. The summed E-state index contributed by atoms with van der Waals surface area (Å²) in [5, 5.41) is 3.19. The Morgan fingerprint density at radius 2 is 1.00 bits per heavy atom. The molecule has 5 rings (SSSR count). The van der Waals surface area contributed by atoms with E-state index in [4.69, 9.17) is 28.4 Å². The Bertz CT molecular complexity index is 1870. The van der Waals surface area contributed by atoms with Crippen molar-refractivity contribution in [3.05, 3.63) is 107 Å². The first kappa shape index (κ1) is 33.6. The summed E-state index contributed by atoms with van der Waals surface area (Å²) in [6.07, 6.45) is -1.33. The number of halogens is 1. The van der Waals surface area contributed by atoms with E-state index in [1.54, 1.807) is 0 Å². The Labute approximate surface area is 282 Å². The third kappa shape index (κ3) is 9.16. The number of esters is 2. The summed E-state index contributed by atoms with van der Waals surface area (Å²) < 4.78 is 36.8. The maximum Gasteiger partial charge on any atom is 0.303 e. The van der Waals surface area contributed by atoms with Gasteiger partial charge < -0.3 is 28.4 Å². The molecule has 2 unspecified atom stereocenters. The van der Waals surface area contributed by atoms with Crippen LogP contribution in [0.4, 0.5) is 0 Å². The number of rotatable bonds is 14. The van der Waals surface area contributed by atoms with Gasteiger partial charge in [-0.15, -0.1) is 0 Å². The first-order valence-electron chi connectivity index (χ1n) is 15.3. The quantitative estimate of drug-likeness (QED) is 0.0847. The monoisotopic (exact) mass is 700 g/mol. The van der Waals surface area contributed by atoms with Crippen LogP contribution in [0.2, 0.25) is 0 Å². The SMILES string of the molecule is CC(=O)OC(COc1cccc(C)c1)COc1c2ccccc2c(OCC(COc2cccc(C)c2)OC(C)=O)c2cc(Br)ccc12. The Kier molecular flexibility index (Phi) is 11.2. The summed E-state index contributed by atoms with van der Waals surface area (Å²) in [5.74, 6) is 1.73. The summed E-state index contributed by atoms with van der Waals surface area (Å²) in [7, 11) is 0. The zero-order chi connectivity index (χ0) is 33.3. The van der Waals surface area contributed by atoms with Gasteiger partial charge in [0.1, 0.15) is 49.4 Å². The summed E-state index contributed by atoms with van der Waals surface area (Å²) in [6.45, 7) is 7.05. The molecule has 2 atom stereocenters. The summed E-state index contributed by atoms with van der Waals surface area (Å²) >= 11 is 3.60. The van der Waals surface area contributed by atoms with E-state index in [0.717, 1.165) is 37.1 Å². The van der Waals surface area contributed by atoms with Gasteiger partial charge in [0.25, 0.3) is 0 Å². The van der Waals surface area contributed by atoms with Gasteiger partial charge in [-0.2, -0.15) is 0 Å². The van der Waals surface area contributed by atoms with Crippen LogP contribution in [0, 0.1) is 13.8 Å². The molecule has 8 nitrogen and oxygen atoms in total. The smallest absolute Gasteiger partial charge is 0.303 e. The van der Waals surface area contributed by atoms with Gasteiger partial charge in [-0.3, -0.25) is 9.59 Å². The van der Waals surface area contributed by atoms with Crippen molar-refractivity contribution in [1.29, 1.82) is 0 Å². The summed E-state index contributed by atoms with van der Waals surface area (Å²) in [6, 6.07) is 28.9. The molecule has 0 aliphatic rings. The molecule has 5 aromatic carbocycles. The van der Waals surface area contributed by atoms with Crippen molar-refractivity contribution in [1.82, 2.24) is 0 Å². The van der Waals surface area contributed by atoms with Crippen molar-refractivity contribution < 1.29 is 38.0 Å². The van der Waals surface area contributed by atoms with Crippen molar-refractivity contribution in [2.75, 3.05) is 26.4 Å². The molecule has 244 valence electrons. The minimum Gasteiger partial charge on any atom is -0.490 e. The third-order valence-electron chi connectivity index (χ3n) is 7.23. The number of aryl methyl sites for hydroxylation is 2. The van der Waals surface area contributed by atoms with Crippen LogP contribution in [-0.4, -0.2) is 50.6 Å². The lowest BCUT2D eigenvalue weighted by atomic mass is 10.0. The largest absolute Gasteiger partial charge is 0.490 e. The second-order valence-corrected chi connectivity index (χ2v) is 12.1. The Morgan fingerprint density at radius 1 is 0.553 bits per heavy atom. The van der Waals surface area contributed by atoms with E-state index in [9.17, 15) is 9.59 Å². The molecule has 0 heterocycles. The molecule has 0 aliphatic carbocycles. The van der Waals surface area contributed by atoms with E-state index in [2.05, 4.69) is 15.9 Å². The molecular formula is C38H37BrO8. The number of fused-ring (bicyclic) bond motifs is 2. The lowest BCUT2D eigenvalue weighted by Crippen LogP contribution is -2.30. The van der Waals surface area contributed by atoms with Crippen molar-refractivity contribution >= 4 is 49.4 Å². The topological polar surface area (TPSA) is 89.5 Å². The molecule has 0 aromatic heterocycles. The standard InChI is InChI=1S/C38H37BrO8/c1-24-9-7-11-29(17-24)42-20-31(46-26(3)40)22-44-37-33-13-5-6-14-34(33)38(36-19-28(39)15-16-35(36)37)45-23-32(47-27(4)41)21-43-30-12-8-10-25(2)18-30/h5-19,31-32H,20-23H2,1-4H3. The Balaban J connectivity index is 1.42. The average Bonchev–Trinajstić information content (AvgIpc) is 3.03. The van der Waals surface area contributed by atoms with Gasteiger partial charge in [-0.05, 0) is 67.4 Å². The number of carbonyl (C=O) groups excluding carboxylic acids is 2. The minimum atomic E-state index is -0.664. The highest BCUT2D eigenvalue weighted by Crippen LogP contribution is 2.44. The number of hydrogen-bond acceptors (Lipinski definition) is 8. The van der Waals surface area contributed by atoms with Crippen LogP contribution < -0.4 is 18.9 Å². The van der Waals surface area contributed by atoms with Gasteiger partial charge in [0.15, 0.2) is 12.2 Å². The zero-order valence-electron chi connectivity index (χ0n) is 26.8. The third-order valence-corrected chi connectivity index (χ3v) is 7.72. The van der Waals surface area contributed by atoms with E-state index in [1.165, 1.54) is 13.8 Å². The lowest BCUT2D eigenvalue weighted by Gasteiger charge is -2.23. The van der Waals surface area contributed by atoms with Crippen molar-refractivity contribution in [2.24, 2.45) is 0 Å². The maximum absolute atomic E-state index is 12.0. The predicted molar refractivity (Wildman–Crippen MR) is 185 cm³/mol. The minimum absolute atomic E-state index is 0.0576. The highest BCUT2D eigenvalue weighted by molar-refractivity contribution is 9.10. The Morgan fingerprint density at radius 3 is 1.47 bits per heavy atom. The van der Waals surface area contributed by atoms with E-state index in [-0.39, 0.29) is 26.4 Å². The molecular weight excluding hydrogens is 664 g/mol. The fraction of sp³-hybridized carbons (Fsp3) is 0.263. The molecule has 0 N–H and O–H groups in total. The van der Waals surface area contributed by atoms with Crippen LogP contribution in [-0.2, 0) is 19.1 Å². The van der Waals surface area contributed by atoms with Gasteiger partial charge in [0.05, 0.1) is 0 Å². The van der Waals surface area contributed by atoms with Crippen molar-refractivity contribution in [3.63, 3.8) is 0 Å². The zero-order valence-corrected chi connectivity index (χ0v) is 28.4. The molecule has 0 amide bonds. The first-order valence-corrected chi connectivity index (χ1v) is 16.1. The van der Waals surface area contributed by atoms with Gasteiger partial charge in [0.2, 0.25) is 0 Å². The molecule has 0 saturated carbocycles. The second-order valence-electron chi connectivity index (χ2n) is 11.2. The predicted octanol–water partition coefficient (Wildman–Crippen LogP) is 8.15. The molecule has 0 bridgehead atoms. The Hall–Kier alpha value is -4.76. The van der Waals surface area contributed by atoms with Gasteiger partial charge in [0, 0.05) is 39.9 Å². The number of carbonyl (C=O) groups is 2. The summed E-state index contributed by atoms with van der Waals surface area (Å²) in [4.78, 5) is 24.0. The molecule has 0 fully saturated rings. The van der Waals surface area contributed by atoms with Crippen LogP contribution in [0.15, 0.2) is 95.5 Å². The first-order chi connectivity index (χ1) is 22.7. The van der Waals surface area contributed by atoms with Crippen molar-refractivity contribution in [2.45, 2.75) is 39.9 Å². The van der Waals surface area contributed by atoms with Crippen LogP contribution in [0.25, 0.3) is 21.5 Å². The maximum atomic E-state index is 12.0. The van der Waals surface area contributed by atoms with Crippen LogP contribution in [0.5, 0.6) is 23.0 Å². The van der Waals surface area contributed by atoms with E-state index < -0.39 is 24.1 Å². The number of benzene rings is 5.